The second-order valence-electron chi connectivity index (χ2n) is 4.88. The molecule has 2 nitrogen and oxygen atoms in total. The predicted molar refractivity (Wildman–Crippen MR) is 74.9 cm³/mol. The number of benzene rings is 2. The zero-order valence-corrected chi connectivity index (χ0v) is 10.9. The number of para-hydroxylation sites is 1. The number of hydrogen-bond donors (Lipinski definition) is 0. The lowest BCUT2D eigenvalue weighted by atomic mass is 9.88. The van der Waals surface area contributed by atoms with Gasteiger partial charge in [-0.25, -0.2) is 0 Å². The van der Waals surface area contributed by atoms with Crippen molar-refractivity contribution in [2.45, 2.75) is 25.7 Å². The summed E-state index contributed by atoms with van der Waals surface area (Å²) in [6, 6.07) is 13.9. The molecule has 1 heterocycles. The van der Waals surface area contributed by atoms with E-state index in [1.165, 1.54) is 5.56 Å². The van der Waals surface area contributed by atoms with Gasteiger partial charge in [-0.05, 0) is 24.1 Å². The molecular formula is C17H16O2. The minimum atomic E-state index is -0.212. The number of rotatable bonds is 3. The van der Waals surface area contributed by atoms with E-state index in [0.717, 1.165) is 41.8 Å². The number of fused-ring (bicyclic) bond motifs is 2. The fraction of sp³-hybridized carbons (Fsp3) is 0.235. The van der Waals surface area contributed by atoms with Gasteiger partial charge in [0.05, 0.1) is 5.92 Å². The number of aldehydes is 1. The summed E-state index contributed by atoms with van der Waals surface area (Å²) in [6.07, 6.45) is 3.14. The van der Waals surface area contributed by atoms with Crippen LogP contribution in [0.3, 0.4) is 0 Å². The molecule has 2 heteroatoms. The van der Waals surface area contributed by atoms with Crippen LogP contribution in [0.2, 0.25) is 0 Å². The Hall–Kier alpha value is -2.09. The number of carbonyl (C=O) groups excluding carboxylic acids is 1. The van der Waals surface area contributed by atoms with E-state index in [-0.39, 0.29) is 5.92 Å². The van der Waals surface area contributed by atoms with E-state index in [1.54, 1.807) is 0 Å². The third-order valence-electron chi connectivity index (χ3n) is 3.56. The lowest BCUT2D eigenvalue weighted by Crippen LogP contribution is -2.11. The van der Waals surface area contributed by atoms with Crippen molar-refractivity contribution in [1.82, 2.24) is 0 Å². The van der Waals surface area contributed by atoms with E-state index in [1.807, 2.05) is 30.3 Å². The predicted octanol–water partition coefficient (Wildman–Crippen LogP) is 4.08. The van der Waals surface area contributed by atoms with Gasteiger partial charge < -0.3 is 9.53 Å². The summed E-state index contributed by atoms with van der Waals surface area (Å²) in [4.78, 5) is 11.4. The molecule has 1 aliphatic heterocycles. The lowest BCUT2D eigenvalue weighted by molar-refractivity contribution is -0.108. The van der Waals surface area contributed by atoms with Crippen molar-refractivity contribution in [2.75, 3.05) is 0 Å². The zero-order chi connectivity index (χ0) is 13.2. The Balaban J connectivity index is 2.09. The molecule has 2 aromatic carbocycles. The Morgan fingerprint density at radius 3 is 2.68 bits per heavy atom. The first kappa shape index (κ1) is 12.0. The van der Waals surface area contributed by atoms with E-state index in [4.69, 9.17) is 4.74 Å². The van der Waals surface area contributed by atoms with Gasteiger partial charge in [0.1, 0.15) is 17.8 Å². The molecule has 0 bridgehead atoms. The molecule has 0 aliphatic carbocycles. The first-order valence-corrected chi connectivity index (χ1v) is 6.68. The largest absolute Gasteiger partial charge is 0.457 e. The fourth-order valence-corrected chi connectivity index (χ4v) is 2.63. The molecule has 0 saturated carbocycles. The maximum atomic E-state index is 11.4. The Kier molecular flexibility index (Phi) is 3.08. The zero-order valence-electron chi connectivity index (χ0n) is 10.9. The molecule has 96 valence electrons. The summed E-state index contributed by atoms with van der Waals surface area (Å²) in [5.74, 6) is 1.40. The van der Waals surface area contributed by atoms with E-state index in [9.17, 15) is 4.79 Å². The van der Waals surface area contributed by atoms with Crippen LogP contribution in [0.4, 0.5) is 0 Å². The minimum absolute atomic E-state index is 0.212. The number of aryl methyl sites for hydroxylation is 1. The van der Waals surface area contributed by atoms with Crippen LogP contribution in [0.15, 0.2) is 42.5 Å². The number of hydrogen-bond acceptors (Lipinski definition) is 2. The van der Waals surface area contributed by atoms with Gasteiger partial charge in [0.2, 0.25) is 0 Å². The molecule has 0 fully saturated rings. The van der Waals surface area contributed by atoms with Crippen molar-refractivity contribution in [3.8, 4) is 11.5 Å². The molecule has 2 aromatic rings. The van der Waals surface area contributed by atoms with Crippen LogP contribution >= 0.6 is 0 Å². The maximum absolute atomic E-state index is 11.4. The molecule has 1 atom stereocenters. The van der Waals surface area contributed by atoms with E-state index in [2.05, 4.69) is 19.1 Å². The summed E-state index contributed by atoms with van der Waals surface area (Å²) < 4.78 is 5.94. The third kappa shape index (κ3) is 2.03. The average molecular weight is 252 g/mol. The van der Waals surface area contributed by atoms with Gasteiger partial charge in [0.25, 0.3) is 0 Å². The van der Waals surface area contributed by atoms with Crippen LogP contribution < -0.4 is 4.74 Å². The monoisotopic (exact) mass is 252 g/mol. The summed E-state index contributed by atoms with van der Waals surface area (Å²) in [7, 11) is 0. The second-order valence-corrected chi connectivity index (χ2v) is 4.88. The van der Waals surface area contributed by atoms with Gasteiger partial charge in [-0.3, -0.25) is 0 Å². The summed E-state index contributed by atoms with van der Waals surface area (Å²) >= 11 is 0. The van der Waals surface area contributed by atoms with Gasteiger partial charge in [-0.1, -0.05) is 43.7 Å². The standard InChI is InChI=1S/C17H16O2/c1-2-5-12-8-9-14-15(11-18)13-6-3-4-7-16(13)19-17(14)10-12/h3-4,6-11,15H,2,5H2,1H3. The average Bonchev–Trinajstić information content (AvgIpc) is 2.45. The quantitative estimate of drug-likeness (QED) is 0.769. The molecule has 0 radical (unpaired) electrons. The van der Waals surface area contributed by atoms with Crippen molar-refractivity contribution in [3.05, 3.63) is 59.2 Å². The fourth-order valence-electron chi connectivity index (χ4n) is 2.63. The number of ether oxygens (including phenoxy) is 1. The molecule has 3 rings (SSSR count). The van der Waals surface area contributed by atoms with E-state index in [0.29, 0.717) is 0 Å². The van der Waals surface area contributed by atoms with Crippen LogP contribution in [0.25, 0.3) is 0 Å². The smallest absolute Gasteiger partial charge is 0.132 e. The third-order valence-corrected chi connectivity index (χ3v) is 3.56. The highest BCUT2D eigenvalue weighted by molar-refractivity contribution is 5.74. The highest BCUT2D eigenvalue weighted by atomic mass is 16.5. The van der Waals surface area contributed by atoms with Crippen LogP contribution in [-0.2, 0) is 11.2 Å². The normalized spacial score (nSPS) is 16.2. The molecule has 0 amide bonds. The Bertz CT molecular complexity index is 616. The van der Waals surface area contributed by atoms with Gasteiger partial charge in [-0.2, -0.15) is 0 Å². The van der Waals surface area contributed by atoms with Crippen molar-refractivity contribution >= 4 is 6.29 Å². The Morgan fingerprint density at radius 1 is 1.11 bits per heavy atom. The minimum Gasteiger partial charge on any atom is -0.457 e. The second kappa shape index (κ2) is 4.88. The van der Waals surface area contributed by atoms with Crippen LogP contribution in [0.5, 0.6) is 11.5 Å². The van der Waals surface area contributed by atoms with E-state index >= 15 is 0 Å². The maximum Gasteiger partial charge on any atom is 0.132 e. The summed E-state index contributed by atoms with van der Waals surface area (Å²) in [5, 5.41) is 0. The molecule has 0 aromatic heterocycles. The van der Waals surface area contributed by atoms with Crippen LogP contribution in [-0.4, -0.2) is 6.29 Å². The summed E-state index contributed by atoms with van der Waals surface area (Å²) in [5.41, 5.74) is 3.17. The molecule has 0 spiro atoms. The molecule has 0 saturated heterocycles. The van der Waals surface area contributed by atoms with Gasteiger partial charge in [-0.15, -0.1) is 0 Å². The molecular weight excluding hydrogens is 236 g/mol. The highest BCUT2D eigenvalue weighted by Gasteiger charge is 2.26. The first-order chi connectivity index (χ1) is 9.33. The first-order valence-electron chi connectivity index (χ1n) is 6.68. The molecule has 19 heavy (non-hydrogen) atoms. The van der Waals surface area contributed by atoms with Gasteiger partial charge >= 0.3 is 0 Å². The SMILES string of the molecule is CCCc1ccc2c(c1)Oc1ccccc1C2C=O. The van der Waals surface area contributed by atoms with Gasteiger partial charge in [0.15, 0.2) is 0 Å². The topological polar surface area (TPSA) is 26.3 Å². The molecule has 0 N–H and O–H groups in total. The van der Waals surface area contributed by atoms with Crippen LogP contribution in [0.1, 0.15) is 36.0 Å². The lowest BCUT2D eigenvalue weighted by Gasteiger charge is -2.25. The van der Waals surface area contributed by atoms with E-state index < -0.39 is 0 Å². The summed E-state index contributed by atoms with van der Waals surface area (Å²) in [6.45, 7) is 2.16. The van der Waals surface area contributed by atoms with Gasteiger partial charge in [0, 0.05) is 11.1 Å². The Labute approximate surface area is 113 Å². The van der Waals surface area contributed by atoms with Crippen molar-refractivity contribution in [1.29, 1.82) is 0 Å². The highest BCUT2D eigenvalue weighted by Crippen LogP contribution is 2.43. The Morgan fingerprint density at radius 2 is 1.89 bits per heavy atom. The van der Waals surface area contributed by atoms with Crippen LogP contribution in [0, 0.1) is 0 Å². The molecule has 1 aliphatic rings. The number of carbonyl (C=O) groups is 1. The van der Waals surface area contributed by atoms with Crippen molar-refractivity contribution in [2.24, 2.45) is 0 Å². The van der Waals surface area contributed by atoms with Crippen molar-refractivity contribution < 1.29 is 9.53 Å². The van der Waals surface area contributed by atoms with Crippen molar-refractivity contribution in [3.63, 3.8) is 0 Å². The molecule has 1 unspecified atom stereocenters.